The van der Waals surface area contributed by atoms with Gasteiger partial charge in [-0.2, -0.15) is 5.10 Å². The molecule has 9 heteroatoms. The molecule has 0 aliphatic rings. The number of hydrogen-bond donors (Lipinski definition) is 1. The molecule has 1 N–H and O–H groups in total. The Labute approximate surface area is 189 Å². The maximum Gasteiger partial charge on any atom is 0.264 e. The summed E-state index contributed by atoms with van der Waals surface area (Å²) in [6, 6.07) is 11.0. The maximum atomic E-state index is 13.5. The predicted octanol–water partition coefficient (Wildman–Crippen LogP) is 4.39. The fraction of sp³-hybridized carbons (Fsp3) is 0.364. The number of nitrogens with zero attached hydrogens (tertiary/aromatic N) is 2. The first-order valence-electron chi connectivity index (χ1n) is 9.63. The van der Waals surface area contributed by atoms with Gasteiger partial charge in [-0.1, -0.05) is 50.1 Å². The number of carbonyl (C=O) groups is 1. The van der Waals surface area contributed by atoms with E-state index in [2.05, 4.69) is 10.5 Å². The third-order valence-corrected chi connectivity index (χ3v) is 6.75. The average Bonchev–Trinajstić information content (AvgIpc) is 2.69. The van der Waals surface area contributed by atoms with Gasteiger partial charge in [0, 0.05) is 16.1 Å². The number of aryl methyl sites for hydroxylation is 1. The molecule has 0 aliphatic carbocycles. The summed E-state index contributed by atoms with van der Waals surface area (Å²) < 4.78 is 33.2. The maximum absolute atomic E-state index is 13.5. The Bertz CT molecular complexity index is 1070. The zero-order chi connectivity index (χ0) is 23.4. The zero-order valence-electron chi connectivity index (χ0n) is 18.6. The molecule has 2 aromatic rings. The third kappa shape index (κ3) is 6.21. The zero-order valence-corrected chi connectivity index (χ0v) is 20.1. The highest BCUT2D eigenvalue weighted by Gasteiger charge is 2.30. The lowest BCUT2D eigenvalue weighted by molar-refractivity contribution is -0.119. The van der Waals surface area contributed by atoms with Gasteiger partial charge in [-0.25, -0.2) is 13.8 Å². The molecular weight excluding hydrogens is 438 g/mol. The summed E-state index contributed by atoms with van der Waals surface area (Å²) in [6.07, 6.45) is 0. The van der Waals surface area contributed by atoms with Crippen molar-refractivity contribution < 1.29 is 17.9 Å². The van der Waals surface area contributed by atoms with E-state index in [1.54, 1.807) is 31.2 Å². The van der Waals surface area contributed by atoms with Crippen molar-refractivity contribution in [2.75, 3.05) is 18.0 Å². The first-order valence-corrected chi connectivity index (χ1v) is 11.4. The summed E-state index contributed by atoms with van der Waals surface area (Å²) in [5.74, 6) is -0.330. The van der Waals surface area contributed by atoms with Gasteiger partial charge in [-0.3, -0.25) is 9.10 Å². The molecule has 0 aromatic heterocycles. The quantitative estimate of drug-likeness (QED) is 0.485. The number of sulfonamides is 1. The van der Waals surface area contributed by atoms with E-state index in [0.717, 1.165) is 9.87 Å². The molecule has 0 unspecified atom stereocenters. The Kier molecular flexibility index (Phi) is 7.72. The van der Waals surface area contributed by atoms with Crippen LogP contribution < -0.4 is 14.5 Å². The van der Waals surface area contributed by atoms with Gasteiger partial charge in [-0.05, 0) is 44.2 Å². The van der Waals surface area contributed by atoms with Crippen LogP contribution in [0.4, 0.5) is 5.69 Å². The lowest BCUT2D eigenvalue weighted by Gasteiger charge is -2.25. The normalized spacial score (nSPS) is 12.4. The summed E-state index contributed by atoms with van der Waals surface area (Å²) in [5.41, 5.74) is 3.97. The van der Waals surface area contributed by atoms with Crippen LogP contribution in [0.15, 0.2) is 52.5 Å². The van der Waals surface area contributed by atoms with Crippen LogP contribution in [0.5, 0.6) is 5.75 Å². The van der Waals surface area contributed by atoms with Crippen LogP contribution in [-0.4, -0.2) is 33.7 Å². The lowest BCUT2D eigenvalue weighted by Crippen LogP contribution is -2.40. The van der Waals surface area contributed by atoms with E-state index in [4.69, 9.17) is 16.3 Å². The highest BCUT2D eigenvalue weighted by molar-refractivity contribution is 7.92. The van der Waals surface area contributed by atoms with Crippen LogP contribution >= 0.6 is 11.6 Å². The topological polar surface area (TPSA) is 88.1 Å². The monoisotopic (exact) mass is 465 g/mol. The summed E-state index contributed by atoms with van der Waals surface area (Å²) in [4.78, 5) is 12.7. The van der Waals surface area contributed by atoms with Gasteiger partial charge in [0.2, 0.25) is 0 Å². The van der Waals surface area contributed by atoms with E-state index in [-0.39, 0.29) is 21.7 Å². The first-order chi connectivity index (χ1) is 14.4. The van der Waals surface area contributed by atoms with Crippen molar-refractivity contribution in [2.45, 2.75) is 39.5 Å². The highest BCUT2D eigenvalue weighted by atomic mass is 35.5. The van der Waals surface area contributed by atoms with Crippen LogP contribution in [0.2, 0.25) is 5.02 Å². The molecule has 0 atom stereocenters. The number of halogens is 1. The average molecular weight is 466 g/mol. The minimum atomic E-state index is -4.10. The van der Waals surface area contributed by atoms with Gasteiger partial charge in [0.05, 0.1) is 17.7 Å². The van der Waals surface area contributed by atoms with E-state index in [0.29, 0.717) is 10.7 Å². The molecule has 0 heterocycles. The Balaban J connectivity index is 2.50. The Morgan fingerprint density at radius 2 is 1.77 bits per heavy atom. The Morgan fingerprint density at radius 3 is 2.32 bits per heavy atom. The number of ether oxygens (including phenoxy) is 1. The number of anilines is 1. The summed E-state index contributed by atoms with van der Waals surface area (Å²) in [7, 11) is -2.68. The van der Waals surface area contributed by atoms with E-state index in [9.17, 15) is 13.2 Å². The van der Waals surface area contributed by atoms with Crippen molar-refractivity contribution in [2.24, 2.45) is 10.5 Å². The minimum Gasteiger partial charge on any atom is -0.495 e. The summed E-state index contributed by atoms with van der Waals surface area (Å²) >= 11 is 6.12. The molecule has 0 spiro atoms. The molecule has 0 saturated carbocycles. The molecule has 31 heavy (non-hydrogen) atoms. The second-order valence-electron chi connectivity index (χ2n) is 8.12. The van der Waals surface area contributed by atoms with Crippen LogP contribution in [0.1, 0.15) is 33.3 Å². The van der Waals surface area contributed by atoms with Gasteiger partial charge in [0.25, 0.3) is 15.9 Å². The fourth-order valence-electron chi connectivity index (χ4n) is 2.47. The van der Waals surface area contributed by atoms with Crippen LogP contribution in [0.3, 0.4) is 0 Å². The van der Waals surface area contributed by atoms with Gasteiger partial charge < -0.3 is 4.74 Å². The number of amides is 1. The smallest absolute Gasteiger partial charge is 0.264 e. The molecule has 0 fully saturated rings. The number of hydrazone groups is 1. The second-order valence-corrected chi connectivity index (χ2v) is 10.4. The largest absolute Gasteiger partial charge is 0.495 e. The lowest BCUT2D eigenvalue weighted by atomic mass is 9.91. The third-order valence-electron chi connectivity index (χ3n) is 4.74. The van der Waals surface area contributed by atoms with E-state index in [1.807, 2.05) is 27.7 Å². The van der Waals surface area contributed by atoms with Crippen molar-refractivity contribution in [1.29, 1.82) is 0 Å². The van der Waals surface area contributed by atoms with Gasteiger partial charge in [-0.15, -0.1) is 0 Å². The van der Waals surface area contributed by atoms with Crippen molar-refractivity contribution >= 4 is 38.9 Å². The molecule has 7 nitrogen and oxygen atoms in total. The first kappa shape index (κ1) is 24.7. The molecule has 0 saturated heterocycles. The highest BCUT2D eigenvalue weighted by Crippen LogP contribution is 2.34. The van der Waals surface area contributed by atoms with E-state index < -0.39 is 22.5 Å². The minimum absolute atomic E-state index is 0.0438. The number of benzene rings is 2. The van der Waals surface area contributed by atoms with Crippen LogP contribution in [0, 0.1) is 12.3 Å². The van der Waals surface area contributed by atoms with Gasteiger partial charge >= 0.3 is 0 Å². The summed E-state index contributed by atoms with van der Waals surface area (Å²) in [5, 5.41) is 4.41. The molecular formula is C22H28ClN3O4S. The predicted molar refractivity (Wildman–Crippen MR) is 124 cm³/mol. The molecule has 0 aliphatic heterocycles. The van der Waals surface area contributed by atoms with Crippen molar-refractivity contribution in [3.63, 3.8) is 0 Å². The van der Waals surface area contributed by atoms with Crippen molar-refractivity contribution in [1.82, 2.24) is 5.43 Å². The van der Waals surface area contributed by atoms with E-state index >= 15 is 0 Å². The van der Waals surface area contributed by atoms with Crippen molar-refractivity contribution in [3.05, 3.63) is 53.1 Å². The number of nitrogens with one attached hydrogen (secondary N) is 1. The SMILES string of the molecule is COc1ccc(Cl)cc1N(CC(=O)N/N=C(/C)C(C)(C)C)S(=O)(=O)c1ccc(C)cc1. The molecule has 2 aromatic carbocycles. The van der Waals surface area contributed by atoms with Gasteiger partial charge in [0.15, 0.2) is 0 Å². The Hall–Kier alpha value is -2.58. The summed E-state index contributed by atoms with van der Waals surface area (Å²) in [6.45, 7) is 9.03. The Morgan fingerprint density at radius 1 is 1.16 bits per heavy atom. The van der Waals surface area contributed by atoms with Gasteiger partial charge in [0.1, 0.15) is 12.3 Å². The molecule has 168 valence electrons. The molecule has 1 amide bonds. The number of methoxy groups -OCH3 is 1. The molecule has 2 rings (SSSR count). The van der Waals surface area contributed by atoms with Crippen LogP contribution in [-0.2, 0) is 14.8 Å². The standard InChI is InChI=1S/C22H28ClN3O4S/c1-15-7-10-18(11-8-15)31(28,29)26(19-13-17(23)9-12-20(19)30-6)14-21(27)25-24-16(2)22(3,4)5/h7-13H,14H2,1-6H3,(H,25,27)/b24-16-. The van der Waals surface area contributed by atoms with E-state index in [1.165, 1.54) is 25.3 Å². The second kappa shape index (κ2) is 9.70. The fourth-order valence-corrected chi connectivity index (χ4v) is 4.06. The number of carbonyl (C=O) groups excluding carboxylic acids is 1. The van der Waals surface area contributed by atoms with Crippen LogP contribution in [0.25, 0.3) is 0 Å². The molecule has 0 bridgehead atoms. The number of hydrogen-bond acceptors (Lipinski definition) is 5. The number of rotatable bonds is 7. The van der Waals surface area contributed by atoms with Crippen molar-refractivity contribution in [3.8, 4) is 5.75 Å². The molecule has 0 radical (unpaired) electrons.